The van der Waals surface area contributed by atoms with E-state index in [0.29, 0.717) is 0 Å². The molecule has 0 saturated heterocycles. The van der Waals surface area contributed by atoms with Gasteiger partial charge in [-0.05, 0) is 12.7 Å². The molecule has 11 heavy (non-hydrogen) atoms. The monoisotopic (exact) mass is 168 g/mol. The molecule has 0 aliphatic carbocycles. The number of hydrogen-bond acceptors (Lipinski definition) is 2. The van der Waals surface area contributed by atoms with Crippen LogP contribution in [0, 0.1) is 0 Å². The Bertz CT molecular complexity index is 147. The third-order valence-corrected chi connectivity index (χ3v) is 0.650. The molecular weight excluding hydrogens is 161 g/mol. The van der Waals surface area contributed by atoms with E-state index in [1.807, 2.05) is 0 Å². The predicted octanol–water partition coefficient (Wildman–Crippen LogP) is 2.20. The molecule has 1 unspecified atom stereocenters. The van der Waals surface area contributed by atoms with Gasteiger partial charge in [0.1, 0.15) is 0 Å². The Morgan fingerprint density at radius 3 is 2.18 bits per heavy atom. The van der Waals surface area contributed by atoms with Crippen molar-refractivity contribution in [3.05, 3.63) is 25.2 Å². The molecule has 1 atom stereocenters. The van der Waals surface area contributed by atoms with Crippen LogP contribution in [-0.2, 0) is 9.47 Å². The van der Waals surface area contributed by atoms with Gasteiger partial charge in [0.15, 0.2) is 0 Å². The molecule has 0 aromatic carbocycles. The van der Waals surface area contributed by atoms with Gasteiger partial charge in [-0.2, -0.15) is 13.2 Å². The Morgan fingerprint density at radius 2 is 1.82 bits per heavy atom. The summed E-state index contributed by atoms with van der Waals surface area (Å²) in [7, 11) is 0. The van der Waals surface area contributed by atoms with Crippen LogP contribution in [0.1, 0.15) is 0 Å². The molecule has 0 N–H and O–H groups in total. The third kappa shape index (κ3) is 5.32. The van der Waals surface area contributed by atoms with Gasteiger partial charge in [-0.3, -0.25) is 0 Å². The van der Waals surface area contributed by atoms with E-state index in [4.69, 9.17) is 0 Å². The maximum atomic E-state index is 12.1. The number of hydrogen-bond donors (Lipinski definition) is 0. The molecule has 0 spiro atoms. The summed E-state index contributed by atoms with van der Waals surface area (Å²) in [4.78, 5) is 0. The van der Waals surface area contributed by atoms with Crippen LogP contribution in [-0.4, -0.2) is 13.0 Å². The van der Waals surface area contributed by atoms with Crippen molar-refractivity contribution in [1.82, 2.24) is 0 Å². The summed E-state index contributed by atoms with van der Waals surface area (Å²) in [5, 5.41) is 0. The standard InChI is InChI=1S/C6H7F3O2/c1-3-5(7)10-4(2)11-6(8)9/h3,5-6H,1-2H2. The molecule has 0 amide bonds. The summed E-state index contributed by atoms with van der Waals surface area (Å²) in [5.74, 6) is -0.771. The largest absolute Gasteiger partial charge is 0.427 e. The van der Waals surface area contributed by atoms with Crippen molar-refractivity contribution >= 4 is 0 Å². The fourth-order valence-electron chi connectivity index (χ4n) is 0.301. The minimum absolute atomic E-state index is 0.771. The summed E-state index contributed by atoms with van der Waals surface area (Å²) in [5.41, 5.74) is 0. The van der Waals surface area contributed by atoms with E-state index in [-0.39, 0.29) is 0 Å². The molecule has 0 heterocycles. The topological polar surface area (TPSA) is 18.5 Å². The zero-order chi connectivity index (χ0) is 8.85. The van der Waals surface area contributed by atoms with Crippen molar-refractivity contribution in [2.45, 2.75) is 13.0 Å². The Kier molecular flexibility index (Phi) is 4.17. The fourth-order valence-corrected chi connectivity index (χ4v) is 0.301. The van der Waals surface area contributed by atoms with Crippen LogP contribution in [0.15, 0.2) is 25.2 Å². The van der Waals surface area contributed by atoms with Crippen molar-refractivity contribution in [3.63, 3.8) is 0 Å². The zero-order valence-corrected chi connectivity index (χ0v) is 5.60. The molecule has 0 fully saturated rings. The summed E-state index contributed by atoms with van der Waals surface area (Å²) in [6.45, 7) is 2.82. The van der Waals surface area contributed by atoms with Crippen LogP contribution >= 0.6 is 0 Å². The van der Waals surface area contributed by atoms with Crippen LogP contribution < -0.4 is 0 Å². The average molecular weight is 168 g/mol. The van der Waals surface area contributed by atoms with Gasteiger partial charge in [0.05, 0.1) is 0 Å². The predicted molar refractivity (Wildman–Crippen MR) is 32.4 cm³/mol. The Morgan fingerprint density at radius 1 is 1.27 bits per heavy atom. The molecule has 0 bridgehead atoms. The first-order valence-corrected chi connectivity index (χ1v) is 2.63. The first-order valence-electron chi connectivity index (χ1n) is 2.63. The molecule has 0 radical (unpaired) electrons. The average Bonchev–Trinajstić information content (AvgIpc) is 1.85. The van der Waals surface area contributed by atoms with E-state index in [0.717, 1.165) is 6.08 Å². The van der Waals surface area contributed by atoms with Crippen molar-refractivity contribution in [1.29, 1.82) is 0 Å². The fraction of sp³-hybridized carbons (Fsp3) is 0.333. The van der Waals surface area contributed by atoms with Crippen LogP contribution in [0.2, 0.25) is 0 Å². The van der Waals surface area contributed by atoms with E-state index in [9.17, 15) is 13.2 Å². The highest BCUT2D eigenvalue weighted by Crippen LogP contribution is 2.08. The molecule has 2 nitrogen and oxygen atoms in total. The molecule has 64 valence electrons. The molecule has 0 aromatic rings. The Labute approximate surface area is 61.9 Å². The first kappa shape index (κ1) is 9.87. The van der Waals surface area contributed by atoms with Gasteiger partial charge in [0.2, 0.25) is 0 Å². The first-order chi connectivity index (χ1) is 5.06. The second-order valence-corrected chi connectivity index (χ2v) is 1.46. The van der Waals surface area contributed by atoms with Crippen LogP contribution in [0.3, 0.4) is 0 Å². The van der Waals surface area contributed by atoms with Gasteiger partial charge < -0.3 is 9.47 Å². The molecule has 0 aliphatic rings. The van der Waals surface area contributed by atoms with Crippen molar-refractivity contribution in [2.75, 3.05) is 0 Å². The number of ether oxygens (including phenoxy) is 2. The van der Waals surface area contributed by atoms with Crippen LogP contribution in [0.25, 0.3) is 0 Å². The van der Waals surface area contributed by atoms with Crippen molar-refractivity contribution < 1.29 is 22.6 Å². The lowest BCUT2D eigenvalue weighted by atomic mass is 10.6. The van der Waals surface area contributed by atoms with Gasteiger partial charge in [-0.1, -0.05) is 6.58 Å². The minimum Gasteiger partial charge on any atom is -0.427 e. The van der Waals surface area contributed by atoms with Gasteiger partial charge in [-0.15, -0.1) is 0 Å². The lowest BCUT2D eigenvalue weighted by molar-refractivity contribution is -0.156. The highest BCUT2D eigenvalue weighted by molar-refractivity contribution is 4.77. The summed E-state index contributed by atoms with van der Waals surface area (Å²) >= 11 is 0. The zero-order valence-electron chi connectivity index (χ0n) is 5.60. The Hall–Kier alpha value is -1.13. The van der Waals surface area contributed by atoms with E-state index in [2.05, 4.69) is 22.6 Å². The summed E-state index contributed by atoms with van der Waals surface area (Å²) in [6.07, 6.45) is -1.10. The lowest BCUT2D eigenvalue weighted by Gasteiger charge is -2.09. The van der Waals surface area contributed by atoms with Crippen molar-refractivity contribution in [3.8, 4) is 0 Å². The number of rotatable bonds is 5. The second kappa shape index (κ2) is 4.65. The van der Waals surface area contributed by atoms with Gasteiger partial charge in [0.25, 0.3) is 12.3 Å². The normalized spacial score (nSPS) is 12.4. The smallest absolute Gasteiger partial charge is 0.389 e. The van der Waals surface area contributed by atoms with Gasteiger partial charge >= 0.3 is 6.61 Å². The maximum Gasteiger partial charge on any atom is 0.389 e. The molecule has 0 saturated carbocycles. The molecule has 0 aliphatic heterocycles. The highest BCUT2D eigenvalue weighted by Gasteiger charge is 2.09. The highest BCUT2D eigenvalue weighted by atomic mass is 19.3. The molecule has 5 heteroatoms. The molecule has 0 aromatic heterocycles. The van der Waals surface area contributed by atoms with E-state index in [1.165, 1.54) is 0 Å². The van der Waals surface area contributed by atoms with Crippen molar-refractivity contribution in [2.24, 2.45) is 0 Å². The number of halogens is 3. The van der Waals surface area contributed by atoms with E-state index < -0.39 is 18.9 Å². The minimum atomic E-state index is -3.06. The van der Waals surface area contributed by atoms with E-state index >= 15 is 0 Å². The molecule has 0 rings (SSSR count). The van der Waals surface area contributed by atoms with Gasteiger partial charge in [0, 0.05) is 0 Å². The van der Waals surface area contributed by atoms with Crippen LogP contribution in [0.4, 0.5) is 13.2 Å². The van der Waals surface area contributed by atoms with Gasteiger partial charge in [-0.25, -0.2) is 0 Å². The second-order valence-electron chi connectivity index (χ2n) is 1.46. The number of alkyl halides is 3. The van der Waals surface area contributed by atoms with E-state index in [1.54, 1.807) is 0 Å². The SMILES string of the molecule is C=CC(F)OC(=C)OC(F)F. The molecular formula is C6H7F3O2. The quantitative estimate of drug-likeness (QED) is 0.462. The maximum absolute atomic E-state index is 12.1. The Balaban J connectivity index is 3.60. The summed E-state index contributed by atoms with van der Waals surface area (Å²) in [6, 6.07) is 0. The van der Waals surface area contributed by atoms with Crippen LogP contribution in [0.5, 0.6) is 0 Å². The lowest BCUT2D eigenvalue weighted by Crippen LogP contribution is -2.07. The summed E-state index contributed by atoms with van der Waals surface area (Å²) < 4.78 is 42.4. The third-order valence-electron chi connectivity index (χ3n) is 0.650.